The third kappa shape index (κ3) is 7.67. The van der Waals surface area contributed by atoms with E-state index in [0.29, 0.717) is 16.9 Å². The number of carboxylic acids is 1. The number of aromatic nitrogens is 1. The van der Waals surface area contributed by atoms with Gasteiger partial charge in [0.1, 0.15) is 5.70 Å². The fraction of sp³-hybridized carbons (Fsp3) is 0.0857. The van der Waals surface area contributed by atoms with Crippen molar-refractivity contribution >= 4 is 63.8 Å². The Morgan fingerprint density at radius 2 is 1.60 bits per heavy atom. The molecule has 4 aromatic carbocycles. The predicted molar refractivity (Wildman–Crippen MR) is 177 cm³/mol. The van der Waals surface area contributed by atoms with Gasteiger partial charge in [0.2, 0.25) is 5.91 Å². The molecule has 1 unspecified atom stereocenters. The highest BCUT2D eigenvalue weighted by atomic mass is 32.2. The van der Waals surface area contributed by atoms with E-state index < -0.39 is 23.0 Å². The molecule has 5 aromatic rings. The second-order valence-electron chi connectivity index (χ2n) is 10.2. The summed E-state index contributed by atoms with van der Waals surface area (Å²) in [6.07, 6.45) is 3.40. The van der Waals surface area contributed by atoms with Crippen LogP contribution in [0.4, 0.5) is 11.4 Å². The van der Waals surface area contributed by atoms with Gasteiger partial charge in [-0.2, -0.15) is 0 Å². The summed E-state index contributed by atoms with van der Waals surface area (Å²) < 4.78 is 0. The van der Waals surface area contributed by atoms with Gasteiger partial charge in [-0.3, -0.25) is 14.4 Å². The Kier molecular flexibility index (Phi) is 9.45. The Bertz CT molecular complexity index is 1930. The van der Waals surface area contributed by atoms with Crippen molar-refractivity contribution in [3.8, 4) is 0 Å². The summed E-state index contributed by atoms with van der Waals surface area (Å²) in [5.41, 5.74) is 3.82. The third-order valence-electron chi connectivity index (χ3n) is 6.97. The highest BCUT2D eigenvalue weighted by molar-refractivity contribution is 8.00. The first-order valence-corrected chi connectivity index (χ1v) is 14.9. The van der Waals surface area contributed by atoms with Gasteiger partial charge in [0.25, 0.3) is 11.8 Å². The summed E-state index contributed by atoms with van der Waals surface area (Å²) in [6.45, 7) is 3.53. The van der Waals surface area contributed by atoms with Gasteiger partial charge < -0.3 is 26.0 Å². The van der Waals surface area contributed by atoms with E-state index in [9.17, 15) is 24.3 Å². The van der Waals surface area contributed by atoms with E-state index in [0.717, 1.165) is 26.9 Å². The molecule has 0 bridgehead atoms. The minimum Gasteiger partial charge on any atom is -0.478 e. The van der Waals surface area contributed by atoms with Crippen LogP contribution in [0.2, 0.25) is 0 Å². The van der Waals surface area contributed by atoms with Crippen LogP contribution in [-0.4, -0.2) is 39.0 Å². The van der Waals surface area contributed by atoms with E-state index in [1.807, 2.05) is 30.3 Å². The number of para-hydroxylation sites is 1. The molecule has 0 aliphatic carbocycles. The molecule has 0 saturated heterocycles. The molecule has 0 spiro atoms. The van der Waals surface area contributed by atoms with Crippen LogP contribution in [0.1, 0.15) is 38.8 Å². The number of aromatic amines is 1. The lowest BCUT2D eigenvalue weighted by Crippen LogP contribution is -2.30. The first-order valence-electron chi connectivity index (χ1n) is 14.0. The Morgan fingerprint density at radius 1 is 0.844 bits per heavy atom. The van der Waals surface area contributed by atoms with Crippen LogP contribution in [0, 0.1) is 6.92 Å². The summed E-state index contributed by atoms with van der Waals surface area (Å²) >= 11 is 1.28. The van der Waals surface area contributed by atoms with Gasteiger partial charge in [-0.05, 0) is 74.0 Å². The highest BCUT2D eigenvalue weighted by Gasteiger charge is 2.19. The maximum atomic E-state index is 13.6. The van der Waals surface area contributed by atoms with Crippen LogP contribution in [0.5, 0.6) is 0 Å². The number of anilines is 2. The van der Waals surface area contributed by atoms with Crippen molar-refractivity contribution in [2.75, 3.05) is 10.6 Å². The molecule has 1 atom stereocenters. The predicted octanol–water partition coefficient (Wildman–Crippen LogP) is 6.70. The van der Waals surface area contributed by atoms with Crippen molar-refractivity contribution in [2.45, 2.75) is 24.0 Å². The molecule has 0 radical (unpaired) electrons. The smallest absolute Gasteiger partial charge is 0.335 e. The minimum absolute atomic E-state index is 0.0540. The largest absolute Gasteiger partial charge is 0.478 e. The number of benzene rings is 4. The van der Waals surface area contributed by atoms with Gasteiger partial charge in [-0.15, -0.1) is 11.8 Å². The number of aromatic carboxylic acids is 1. The Morgan fingerprint density at radius 3 is 2.38 bits per heavy atom. The molecule has 9 nitrogen and oxygen atoms in total. The number of H-pyrrole nitrogens is 1. The van der Waals surface area contributed by atoms with Gasteiger partial charge in [-0.1, -0.05) is 48.5 Å². The molecule has 10 heteroatoms. The quantitative estimate of drug-likeness (QED) is 0.0871. The van der Waals surface area contributed by atoms with Crippen LogP contribution in [0.15, 0.2) is 114 Å². The number of amides is 3. The molecular weight excluding hydrogens is 588 g/mol. The van der Waals surface area contributed by atoms with Crippen molar-refractivity contribution in [2.24, 2.45) is 0 Å². The molecule has 5 N–H and O–H groups in total. The lowest BCUT2D eigenvalue weighted by Gasteiger charge is -2.15. The minimum atomic E-state index is -1.08. The summed E-state index contributed by atoms with van der Waals surface area (Å²) in [6, 6.07) is 27.9. The van der Waals surface area contributed by atoms with Gasteiger partial charge in [0.05, 0.1) is 10.8 Å². The lowest BCUT2D eigenvalue weighted by molar-refractivity contribution is -0.115. The number of nitrogens with one attached hydrogen (secondary N) is 4. The van der Waals surface area contributed by atoms with Gasteiger partial charge in [-0.25, -0.2) is 4.79 Å². The lowest BCUT2D eigenvalue weighted by atomic mass is 10.1. The zero-order valence-electron chi connectivity index (χ0n) is 24.5. The van der Waals surface area contributed by atoms with Crippen molar-refractivity contribution < 1.29 is 24.3 Å². The number of fused-ring (bicyclic) bond motifs is 1. The standard InChI is InChI=1S/C35H30N4O5S/c1-21-15-16-24(35(43)44)17-30(21)38-32(40)22(2)45-27-12-8-11-26(19-27)37-34(42)31(39-33(41)23-9-4-3-5-10-23)18-25-20-36-29-14-7-6-13-28(25)29/h3-20,22,36H,1-2H3,(H,37,42)(H,38,40)(H,39,41)(H,43,44)/b31-18-. The van der Waals surface area contributed by atoms with Gasteiger partial charge in [0, 0.05) is 44.5 Å². The third-order valence-corrected chi connectivity index (χ3v) is 8.06. The molecule has 226 valence electrons. The summed E-state index contributed by atoms with van der Waals surface area (Å²) in [7, 11) is 0. The second-order valence-corrected chi connectivity index (χ2v) is 11.6. The van der Waals surface area contributed by atoms with Crippen LogP contribution in [0.3, 0.4) is 0 Å². The van der Waals surface area contributed by atoms with Crippen molar-refractivity contribution in [1.29, 1.82) is 0 Å². The van der Waals surface area contributed by atoms with E-state index in [1.165, 1.54) is 23.9 Å². The maximum absolute atomic E-state index is 13.6. The van der Waals surface area contributed by atoms with Gasteiger partial charge in [0.15, 0.2) is 0 Å². The zero-order chi connectivity index (χ0) is 31.9. The number of carbonyl (C=O) groups excluding carboxylic acids is 3. The molecule has 45 heavy (non-hydrogen) atoms. The number of hydrogen-bond donors (Lipinski definition) is 5. The topological polar surface area (TPSA) is 140 Å². The first kappa shape index (κ1) is 30.8. The molecule has 0 aliphatic heterocycles. The number of carbonyl (C=O) groups is 4. The number of hydrogen-bond acceptors (Lipinski definition) is 5. The summed E-state index contributed by atoms with van der Waals surface area (Å²) in [5, 5.41) is 18.1. The van der Waals surface area contributed by atoms with E-state index in [-0.39, 0.29) is 17.2 Å². The average Bonchev–Trinajstić information content (AvgIpc) is 3.44. The summed E-state index contributed by atoms with van der Waals surface area (Å²) in [4.78, 5) is 54.8. The average molecular weight is 619 g/mol. The zero-order valence-corrected chi connectivity index (χ0v) is 25.3. The molecule has 3 amide bonds. The summed E-state index contributed by atoms with van der Waals surface area (Å²) in [5.74, 6) is -2.32. The van der Waals surface area contributed by atoms with Crippen molar-refractivity contribution in [1.82, 2.24) is 10.3 Å². The maximum Gasteiger partial charge on any atom is 0.335 e. The normalized spacial score (nSPS) is 11.9. The Hall–Kier alpha value is -5.61. The highest BCUT2D eigenvalue weighted by Crippen LogP contribution is 2.28. The molecule has 0 saturated carbocycles. The number of aryl methyl sites for hydroxylation is 1. The number of rotatable bonds is 10. The van der Waals surface area contributed by atoms with E-state index in [2.05, 4.69) is 20.9 Å². The van der Waals surface area contributed by atoms with Crippen LogP contribution >= 0.6 is 11.8 Å². The van der Waals surface area contributed by atoms with Crippen LogP contribution in [0.25, 0.3) is 17.0 Å². The second kappa shape index (κ2) is 13.8. The van der Waals surface area contributed by atoms with Crippen molar-refractivity contribution in [3.05, 3.63) is 131 Å². The number of carboxylic acid groups (broad SMARTS) is 1. The molecule has 0 fully saturated rings. The van der Waals surface area contributed by atoms with E-state index in [4.69, 9.17) is 0 Å². The first-order chi connectivity index (χ1) is 21.7. The monoisotopic (exact) mass is 618 g/mol. The van der Waals surface area contributed by atoms with E-state index >= 15 is 0 Å². The molecular formula is C35H30N4O5S. The van der Waals surface area contributed by atoms with Gasteiger partial charge >= 0.3 is 5.97 Å². The Labute approximate surface area is 263 Å². The van der Waals surface area contributed by atoms with Crippen LogP contribution in [-0.2, 0) is 9.59 Å². The fourth-order valence-electron chi connectivity index (χ4n) is 4.54. The van der Waals surface area contributed by atoms with E-state index in [1.54, 1.807) is 80.7 Å². The van der Waals surface area contributed by atoms with Crippen LogP contribution < -0.4 is 16.0 Å². The Balaban J connectivity index is 1.32. The molecule has 1 aromatic heterocycles. The number of thioether (sulfide) groups is 1. The molecule has 0 aliphatic rings. The SMILES string of the molecule is Cc1ccc(C(=O)O)cc1NC(=O)C(C)Sc1cccc(NC(=O)/C(=C/c2c[nH]c3ccccc23)NC(=O)c2ccccc2)c1. The molecule has 5 rings (SSSR count). The fourth-order valence-corrected chi connectivity index (χ4v) is 5.46. The van der Waals surface area contributed by atoms with Crippen molar-refractivity contribution in [3.63, 3.8) is 0 Å². The molecule has 1 heterocycles.